The van der Waals surface area contributed by atoms with Crippen molar-refractivity contribution in [2.45, 2.75) is 0 Å². The highest BCUT2D eigenvalue weighted by molar-refractivity contribution is 6.04. The van der Waals surface area contributed by atoms with Gasteiger partial charge in [0.2, 0.25) is 0 Å². The number of H-pyrrole nitrogens is 1. The Bertz CT molecular complexity index is 689. The summed E-state index contributed by atoms with van der Waals surface area (Å²) in [7, 11) is 1.29. The predicted octanol–water partition coefficient (Wildman–Crippen LogP) is 1.41. The molecule has 0 saturated heterocycles. The number of aromatic nitrogens is 1. The molecule has 6 heteroatoms. The molecular formula is C14H12N2O4. The molecule has 1 aromatic heterocycles. The summed E-state index contributed by atoms with van der Waals surface area (Å²) in [6, 6.07) is 7.44. The van der Waals surface area contributed by atoms with E-state index in [1.807, 2.05) is 0 Å². The summed E-state index contributed by atoms with van der Waals surface area (Å²) in [6.07, 6.45) is 2.78. The molecule has 2 rings (SSSR count). The second-order valence-electron chi connectivity index (χ2n) is 3.95. The number of rotatable bonds is 3. The lowest BCUT2D eigenvalue weighted by Crippen LogP contribution is -2.20. The molecule has 0 atom stereocenters. The van der Waals surface area contributed by atoms with Crippen LogP contribution < -0.4 is 10.7 Å². The number of carbonyl (C=O) groups excluding carboxylic acids is 2. The van der Waals surface area contributed by atoms with Crippen molar-refractivity contribution in [2.24, 2.45) is 0 Å². The summed E-state index contributed by atoms with van der Waals surface area (Å²) in [5.74, 6) is -0.972. The van der Waals surface area contributed by atoms with Crippen molar-refractivity contribution in [1.82, 2.24) is 4.98 Å². The number of methoxy groups -OCH3 is 1. The van der Waals surface area contributed by atoms with Gasteiger partial charge in [-0.1, -0.05) is 0 Å². The maximum absolute atomic E-state index is 11.9. The van der Waals surface area contributed by atoms with E-state index in [-0.39, 0.29) is 11.0 Å². The summed E-state index contributed by atoms with van der Waals surface area (Å²) in [5, 5.41) is 2.57. The summed E-state index contributed by atoms with van der Waals surface area (Å²) in [6.45, 7) is 0. The summed E-state index contributed by atoms with van der Waals surface area (Å²) >= 11 is 0. The molecule has 1 aromatic carbocycles. The topological polar surface area (TPSA) is 88.3 Å². The highest BCUT2D eigenvalue weighted by Gasteiger charge is 2.10. The molecular weight excluding hydrogens is 260 g/mol. The van der Waals surface area contributed by atoms with E-state index in [2.05, 4.69) is 15.0 Å². The van der Waals surface area contributed by atoms with Crippen LogP contribution in [-0.4, -0.2) is 24.0 Å². The van der Waals surface area contributed by atoms with E-state index in [1.165, 1.54) is 37.7 Å². The Hall–Kier alpha value is -2.89. The highest BCUT2D eigenvalue weighted by atomic mass is 16.5. The van der Waals surface area contributed by atoms with Crippen LogP contribution in [0.4, 0.5) is 5.69 Å². The van der Waals surface area contributed by atoms with Gasteiger partial charge in [-0.3, -0.25) is 9.59 Å². The molecule has 6 nitrogen and oxygen atoms in total. The van der Waals surface area contributed by atoms with Gasteiger partial charge in [0.1, 0.15) is 5.56 Å². The molecule has 0 bridgehead atoms. The summed E-state index contributed by atoms with van der Waals surface area (Å²) in [4.78, 5) is 37.3. The van der Waals surface area contributed by atoms with E-state index >= 15 is 0 Å². The van der Waals surface area contributed by atoms with Crippen LogP contribution in [-0.2, 0) is 4.74 Å². The van der Waals surface area contributed by atoms with Gasteiger partial charge in [0.15, 0.2) is 5.43 Å². The maximum atomic E-state index is 11.9. The largest absolute Gasteiger partial charge is 0.465 e. The first-order valence-corrected chi connectivity index (χ1v) is 5.78. The Morgan fingerprint density at radius 2 is 1.85 bits per heavy atom. The number of hydrogen-bond acceptors (Lipinski definition) is 4. The fraction of sp³-hybridized carbons (Fsp3) is 0.0714. The lowest BCUT2D eigenvalue weighted by atomic mass is 10.2. The smallest absolute Gasteiger partial charge is 0.337 e. The molecule has 0 aliphatic heterocycles. The van der Waals surface area contributed by atoms with Crippen LogP contribution in [0.5, 0.6) is 0 Å². The number of nitrogens with one attached hydrogen (secondary N) is 2. The van der Waals surface area contributed by atoms with Gasteiger partial charge < -0.3 is 15.0 Å². The van der Waals surface area contributed by atoms with Crippen LogP contribution in [0.2, 0.25) is 0 Å². The van der Waals surface area contributed by atoms with Crippen molar-refractivity contribution in [2.75, 3.05) is 12.4 Å². The lowest BCUT2D eigenvalue weighted by Gasteiger charge is -2.05. The molecule has 0 aliphatic carbocycles. The number of anilines is 1. The Morgan fingerprint density at radius 1 is 1.15 bits per heavy atom. The van der Waals surface area contributed by atoms with Crippen molar-refractivity contribution < 1.29 is 14.3 Å². The number of benzene rings is 1. The molecule has 0 unspecified atom stereocenters. The van der Waals surface area contributed by atoms with Crippen molar-refractivity contribution in [3.63, 3.8) is 0 Å². The molecule has 102 valence electrons. The normalized spacial score (nSPS) is 9.85. The first-order valence-electron chi connectivity index (χ1n) is 5.78. The molecule has 2 N–H and O–H groups in total. The molecule has 1 amide bonds. The Morgan fingerprint density at radius 3 is 2.45 bits per heavy atom. The minimum atomic E-state index is -0.516. The Balaban J connectivity index is 2.15. The second-order valence-corrected chi connectivity index (χ2v) is 3.95. The molecule has 0 fully saturated rings. The van der Waals surface area contributed by atoms with Gasteiger partial charge in [-0.15, -0.1) is 0 Å². The number of carbonyl (C=O) groups is 2. The molecule has 20 heavy (non-hydrogen) atoms. The van der Waals surface area contributed by atoms with E-state index in [4.69, 9.17) is 0 Å². The van der Waals surface area contributed by atoms with Gasteiger partial charge in [-0.25, -0.2) is 4.79 Å². The number of amides is 1. The van der Waals surface area contributed by atoms with E-state index in [1.54, 1.807) is 12.1 Å². The van der Waals surface area contributed by atoms with Crippen molar-refractivity contribution in [1.29, 1.82) is 0 Å². The number of ether oxygens (including phenoxy) is 1. The van der Waals surface area contributed by atoms with Crippen LogP contribution >= 0.6 is 0 Å². The van der Waals surface area contributed by atoms with E-state index in [0.717, 1.165) is 0 Å². The van der Waals surface area contributed by atoms with Crippen LogP contribution in [0.15, 0.2) is 47.5 Å². The van der Waals surface area contributed by atoms with E-state index < -0.39 is 11.9 Å². The molecule has 0 saturated carbocycles. The third-order valence-corrected chi connectivity index (χ3v) is 2.63. The third-order valence-electron chi connectivity index (χ3n) is 2.63. The second kappa shape index (κ2) is 5.83. The zero-order valence-corrected chi connectivity index (χ0v) is 10.7. The predicted molar refractivity (Wildman–Crippen MR) is 72.8 cm³/mol. The fourth-order valence-electron chi connectivity index (χ4n) is 1.60. The molecule has 1 heterocycles. The number of pyridine rings is 1. The average Bonchev–Trinajstić information content (AvgIpc) is 2.47. The van der Waals surface area contributed by atoms with Crippen molar-refractivity contribution >= 4 is 17.6 Å². The van der Waals surface area contributed by atoms with E-state index in [0.29, 0.717) is 11.3 Å². The first-order chi connectivity index (χ1) is 9.61. The summed E-state index contributed by atoms with van der Waals surface area (Å²) < 4.78 is 4.57. The number of hydrogen-bond donors (Lipinski definition) is 2. The number of esters is 1. The minimum Gasteiger partial charge on any atom is -0.465 e. The van der Waals surface area contributed by atoms with Crippen LogP contribution in [0.25, 0.3) is 0 Å². The monoisotopic (exact) mass is 272 g/mol. The zero-order valence-electron chi connectivity index (χ0n) is 10.7. The minimum absolute atomic E-state index is 0.0181. The van der Waals surface area contributed by atoms with Gasteiger partial charge in [0.05, 0.1) is 12.7 Å². The maximum Gasteiger partial charge on any atom is 0.337 e. The van der Waals surface area contributed by atoms with Gasteiger partial charge >= 0.3 is 5.97 Å². The van der Waals surface area contributed by atoms with Gasteiger partial charge in [0.25, 0.3) is 5.91 Å². The third kappa shape index (κ3) is 2.92. The fourth-order valence-corrected chi connectivity index (χ4v) is 1.60. The van der Waals surface area contributed by atoms with Crippen LogP contribution in [0, 0.1) is 0 Å². The quantitative estimate of drug-likeness (QED) is 0.827. The van der Waals surface area contributed by atoms with E-state index in [9.17, 15) is 14.4 Å². The summed E-state index contributed by atoms with van der Waals surface area (Å²) in [5.41, 5.74) is 0.505. The molecule has 0 aliphatic rings. The Labute approximate surface area is 114 Å². The van der Waals surface area contributed by atoms with Crippen molar-refractivity contribution in [3.8, 4) is 0 Å². The lowest BCUT2D eigenvalue weighted by molar-refractivity contribution is 0.0600. The number of aromatic amines is 1. The van der Waals surface area contributed by atoms with Crippen molar-refractivity contribution in [3.05, 3.63) is 64.1 Å². The molecule has 2 aromatic rings. The van der Waals surface area contributed by atoms with Gasteiger partial charge in [0, 0.05) is 24.1 Å². The highest BCUT2D eigenvalue weighted by Crippen LogP contribution is 2.11. The van der Waals surface area contributed by atoms with Crippen LogP contribution in [0.3, 0.4) is 0 Å². The molecule has 0 radical (unpaired) electrons. The van der Waals surface area contributed by atoms with Gasteiger partial charge in [-0.2, -0.15) is 0 Å². The van der Waals surface area contributed by atoms with Gasteiger partial charge in [-0.05, 0) is 24.3 Å². The SMILES string of the molecule is COC(=O)c1ccc(NC(=O)c2c[nH]ccc2=O)cc1. The Kier molecular flexibility index (Phi) is 3.95. The first kappa shape index (κ1) is 13.5. The standard InChI is InChI=1S/C14H12N2O4/c1-20-14(19)9-2-4-10(5-3-9)16-13(18)11-8-15-7-6-12(11)17/h2-8H,1H3,(H,15,17)(H,16,18). The zero-order chi connectivity index (χ0) is 14.5. The average molecular weight is 272 g/mol. The molecule has 0 spiro atoms. The van der Waals surface area contributed by atoms with Crippen LogP contribution in [0.1, 0.15) is 20.7 Å².